The average Bonchev–Trinajstić information content (AvgIpc) is 2.31. The second-order valence-corrected chi connectivity index (χ2v) is 4.09. The molecular weight excluding hydrogens is 250 g/mol. The first-order valence-corrected chi connectivity index (χ1v) is 5.53. The van der Waals surface area contributed by atoms with Crippen molar-refractivity contribution in [3.05, 3.63) is 28.3 Å². The molecule has 0 spiro atoms. The number of aryl methyl sites for hydroxylation is 1. The molecule has 6 heteroatoms. The highest BCUT2D eigenvalue weighted by atomic mass is 16.5. The van der Waals surface area contributed by atoms with Gasteiger partial charge in [-0.05, 0) is 31.0 Å². The van der Waals surface area contributed by atoms with Gasteiger partial charge >= 0.3 is 11.9 Å². The summed E-state index contributed by atoms with van der Waals surface area (Å²) in [5.74, 6) is -2.37. The number of hydrogen-bond donors (Lipinski definition) is 2. The summed E-state index contributed by atoms with van der Waals surface area (Å²) < 4.78 is 4.60. The Morgan fingerprint density at radius 3 is 2.26 bits per heavy atom. The number of anilines is 1. The van der Waals surface area contributed by atoms with E-state index < -0.39 is 17.8 Å². The van der Waals surface area contributed by atoms with E-state index in [0.717, 1.165) is 0 Å². The molecule has 0 aliphatic heterocycles. The SMILES string of the molecule is COC(=O)c1cc(C)c(C)c(C(=O)O)c1NC(C)=O. The van der Waals surface area contributed by atoms with Crippen molar-refractivity contribution in [2.75, 3.05) is 12.4 Å². The number of esters is 1. The van der Waals surface area contributed by atoms with Gasteiger partial charge in [-0.25, -0.2) is 9.59 Å². The van der Waals surface area contributed by atoms with E-state index in [1.807, 2.05) is 0 Å². The fraction of sp³-hybridized carbons (Fsp3) is 0.308. The van der Waals surface area contributed by atoms with Gasteiger partial charge in [0, 0.05) is 6.92 Å². The molecule has 0 unspecified atom stereocenters. The number of rotatable bonds is 3. The van der Waals surface area contributed by atoms with Gasteiger partial charge in [0.15, 0.2) is 0 Å². The molecule has 19 heavy (non-hydrogen) atoms. The standard InChI is InChI=1S/C13H15NO5/c1-6-5-9(13(18)19-4)11(14-8(3)15)10(7(6)2)12(16)17/h5H,1-4H3,(H,14,15)(H,16,17). The summed E-state index contributed by atoms with van der Waals surface area (Å²) in [5, 5.41) is 11.6. The van der Waals surface area contributed by atoms with Gasteiger partial charge < -0.3 is 15.2 Å². The van der Waals surface area contributed by atoms with Crippen molar-refractivity contribution in [3.63, 3.8) is 0 Å². The van der Waals surface area contributed by atoms with Crippen LogP contribution in [0.15, 0.2) is 6.07 Å². The molecule has 0 bridgehead atoms. The number of nitrogens with one attached hydrogen (secondary N) is 1. The fourth-order valence-electron chi connectivity index (χ4n) is 1.76. The van der Waals surface area contributed by atoms with Crippen LogP contribution in [0.1, 0.15) is 38.8 Å². The Bertz CT molecular complexity index is 563. The summed E-state index contributed by atoms with van der Waals surface area (Å²) in [7, 11) is 1.19. The lowest BCUT2D eigenvalue weighted by Gasteiger charge is -2.15. The third-order valence-corrected chi connectivity index (χ3v) is 2.77. The Labute approximate surface area is 110 Å². The van der Waals surface area contributed by atoms with Gasteiger partial charge in [-0.3, -0.25) is 4.79 Å². The number of aromatic carboxylic acids is 1. The van der Waals surface area contributed by atoms with Crippen molar-refractivity contribution in [2.45, 2.75) is 20.8 Å². The first kappa shape index (κ1) is 14.7. The van der Waals surface area contributed by atoms with Crippen molar-refractivity contribution in [3.8, 4) is 0 Å². The molecule has 0 heterocycles. The highest BCUT2D eigenvalue weighted by Crippen LogP contribution is 2.28. The second-order valence-electron chi connectivity index (χ2n) is 4.09. The zero-order valence-electron chi connectivity index (χ0n) is 11.2. The van der Waals surface area contributed by atoms with Crippen molar-refractivity contribution >= 4 is 23.5 Å². The Balaban J connectivity index is 3.67. The largest absolute Gasteiger partial charge is 0.478 e. The van der Waals surface area contributed by atoms with E-state index >= 15 is 0 Å². The molecule has 0 radical (unpaired) electrons. The number of carboxylic acid groups (broad SMARTS) is 1. The van der Waals surface area contributed by atoms with Crippen LogP contribution in [-0.2, 0) is 9.53 Å². The lowest BCUT2D eigenvalue weighted by Crippen LogP contribution is -2.18. The molecule has 0 fully saturated rings. The molecule has 6 nitrogen and oxygen atoms in total. The van der Waals surface area contributed by atoms with Crippen molar-refractivity contribution < 1.29 is 24.2 Å². The summed E-state index contributed by atoms with van der Waals surface area (Å²) in [6, 6.07) is 1.50. The number of amides is 1. The number of hydrogen-bond acceptors (Lipinski definition) is 4. The number of ether oxygens (including phenoxy) is 1. The lowest BCUT2D eigenvalue weighted by molar-refractivity contribution is -0.114. The Hall–Kier alpha value is -2.37. The Kier molecular flexibility index (Phi) is 4.26. The number of carbonyl (C=O) groups is 3. The van der Waals surface area contributed by atoms with Gasteiger partial charge in [-0.1, -0.05) is 0 Å². The van der Waals surface area contributed by atoms with Crippen molar-refractivity contribution in [1.29, 1.82) is 0 Å². The third kappa shape index (κ3) is 2.90. The molecule has 0 aliphatic carbocycles. The van der Waals surface area contributed by atoms with E-state index in [9.17, 15) is 19.5 Å². The van der Waals surface area contributed by atoms with Crippen molar-refractivity contribution in [1.82, 2.24) is 0 Å². The summed E-state index contributed by atoms with van der Waals surface area (Å²) in [4.78, 5) is 34.2. The fourth-order valence-corrected chi connectivity index (χ4v) is 1.76. The quantitative estimate of drug-likeness (QED) is 0.812. The minimum absolute atomic E-state index is 0.0261. The van der Waals surface area contributed by atoms with Gasteiger partial charge in [0.1, 0.15) is 0 Å². The normalized spacial score (nSPS) is 9.89. The highest BCUT2D eigenvalue weighted by molar-refractivity contribution is 6.09. The molecule has 2 N–H and O–H groups in total. The molecule has 0 saturated heterocycles. The van der Waals surface area contributed by atoms with Gasteiger partial charge in [0.25, 0.3) is 0 Å². The number of benzene rings is 1. The topological polar surface area (TPSA) is 92.7 Å². The smallest absolute Gasteiger partial charge is 0.340 e. The van der Waals surface area contributed by atoms with Gasteiger partial charge in [-0.2, -0.15) is 0 Å². The molecule has 1 aromatic carbocycles. The van der Waals surface area contributed by atoms with Crippen LogP contribution in [-0.4, -0.2) is 30.1 Å². The van der Waals surface area contributed by atoms with Crippen LogP contribution in [0.2, 0.25) is 0 Å². The predicted octanol–water partition coefficient (Wildman–Crippen LogP) is 1.75. The Morgan fingerprint density at radius 1 is 1.26 bits per heavy atom. The maximum absolute atomic E-state index is 11.7. The van der Waals surface area contributed by atoms with Crippen LogP contribution in [0.25, 0.3) is 0 Å². The van der Waals surface area contributed by atoms with Crippen LogP contribution < -0.4 is 5.32 Å². The first-order valence-electron chi connectivity index (χ1n) is 5.53. The molecule has 1 amide bonds. The minimum atomic E-state index is -1.21. The van der Waals surface area contributed by atoms with Gasteiger partial charge in [-0.15, -0.1) is 0 Å². The highest BCUT2D eigenvalue weighted by Gasteiger charge is 2.23. The summed E-state index contributed by atoms with van der Waals surface area (Å²) in [6.45, 7) is 4.54. The van der Waals surface area contributed by atoms with E-state index in [1.54, 1.807) is 13.8 Å². The zero-order valence-corrected chi connectivity index (χ0v) is 11.2. The van der Waals surface area contributed by atoms with Crippen LogP contribution in [0.3, 0.4) is 0 Å². The zero-order chi connectivity index (χ0) is 14.7. The molecule has 0 aromatic heterocycles. The summed E-state index contributed by atoms with van der Waals surface area (Å²) in [6.07, 6.45) is 0. The van der Waals surface area contributed by atoms with E-state index in [4.69, 9.17) is 0 Å². The monoisotopic (exact) mass is 265 g/mol. The Morgan fingerprint density at radius 2 is 1.84 bits per heavy atom. The first-order chi connectivity index (χ1) is 8.79. The molecule has 102 valence electrons. The minimum Gasteiger partial charge on any atom is -0.478 e. The summed E-state index contributed by atoms with van der Waals surface area (Å²) >= 11 is 0. The van der Waals surface area contributed by atoms with E-state index in [-0.39, 0.29) is 16.8 Å². The third-order valence-electron chi connectivity index (χ3n) is 2.77. The van der Waals surface area contributed by atoms with Crippen molar-refractivity contribution in [2.24, 2.45) is 0 Å². The molecule has 0 atom stereocenters. The second kappa shape index (κ2) is 5.51. The van der Waals surface area contributed by atoms with Crippen LogP contribution >= 0.6 is 0 Å². The maximum Gasteiger partial charge on any atom is 0.340 e. The van der Waals surface area contributed by atoms with Crippen LogP contribution in [0, 0.1) is 13.8 Å². The van der Waals surface area contributed by atoms with Crippen LogP contribution in [0.4, 0.5) is 5.69 Å². The van der Waals surface area contributed by atoms with E-state index in [1.165, 1.54) is 20.1 Å². The van der Waals surface area contributed by atoms with Gasteiger partial charge in [0.05, 0.1) is 23.9 Å². The number of carbonyl (C=O) groups excluding carboxylic acids is 2. The summed E-state index contributed by atoms with van der Waals surface area (Å²) in [5.41, 5.74) is 1.01. The molecule has 0 aliphatic rings. The molecule has 1 rings (SSSR count). The molecular formula is C13H15NO5. The predicted molar refractivity (Wildman–Crippen MR) is 68.5 cm³/mol. The average molecular weight is 265 g/mol. The van der Waals surface area contributed by atoms with Gasteiger partial charge in [0.2, 0.25) is 5.91 Å². The van der Waals surface area contributed by atoms with E-state index in [2.05, 4.69) is 10.1 Å². The maximum atomic E-state index is 11.7. The van der Waals surface area contributed by atoms with Crippen LogP contribution in [0.5, 0.6) is 0 Å². The number of methoxy groups -OCH3 is 1. The lowest BCUT2D eigenvalue weighted by atomic mass is 9.96. The molecule has 0 saturated carbocycles. The van der Waals surface area contributed by atoms with E-state index in [0.29, 0.717) is 11.1 Å². The number of carboxylic acids is 1. The molecule has 1 aromatic rings.